The summed E-state index contributed by atoms with van der Waals surface area (Å²) >= 11 is 0. The third kappa shape index (κ3) is 3.40. The Kier molecular flexibility index (Phi) is 4.36. The molecule has 5 heteroatoms. The number of aromatic nitrogens is 2. The first-order valence-electron chi connectivity index (χ1n) is 9.11. The Morgan fingerprint density at radius 1 is 1.04 bits per heavy atom. The molecule has 1 aliphatic rings. The van der Waals surface area contributed by atoms with Gasteiger partial charge in [0.05, 0.1) is 0 Å². The molecule has 0 unspecified atom stereocenters. The number of nitrogens with zero attached hydrogens (tertiary/aromatic N) is 3. The molecule has 1 aliphatic heterocycles. The van der Waals surface area contributed by atoms with Crippen LogP contribution in [0, 0.1) is 20.8 Å². The lowest BCUT2D eigenvalue weighted by Gasteiger charge is -2.17. The topological polar surface area (TPSA) is 58.1 Å². The first-order chi connectivity index (χ1) is 13.0. The first kappa shape index (κ1) is 17.2. The van der Waals surface area contributed by atoms with Crippen LogP contribution in [-0.2, 0) is 6.42 Å². The number of amides is 1. The van der Waals surface area contributed by atoms with Gasteiger partial charge in [-0.15, -0.1) is 0 Å². The van der Waals surface area contributed by atoms with Crippen LogP contribution in [0.25, 0.3) is 0 Å². The molecular formula is C22H22N4O. The SMILES string of the molecule is Cc1ccc(Nc2nc(C)cc(C(=O)N3CCc4ccccc43)n2)c(C)c1. The number of carbonyl (C=O) groups is 1. The van der Waals surface area contributed by atoms with Gasteiger partial charge in [0.25, 0.3) is 5.91 Å². The highest BCUT2D eigenvalue weighted by molar-refractivity contribution is 6.06. The van der Waals surface area contributed by atoms with Gasteiger partial charge in [-0.05, 0) is 56.5 Å². The monoisotopic (exact) mass is 358 g/mol. The Morgan fingerprint density at radius 2 is 1.85 bits per heavy atom. The van der Waals surface area contributed by atoms with Gasteiger partial charge in [0.2, 0.25) is 5.95 Å². The van der Waals surface area contributed by atoms with Crippen LogP contribution >= 0.6 is 0 Å². The van der Waals surface area contributed by atoms with E-state index in [4.69, 9.17) is 0 Å². The van der Waals surface area contributed by atoms with Gasteiger partial charge >= 0.3 is 0 Å². The van der Waals surface area contributed by atoms with Crippen molar-refractivity contribution >= 4 is 23.2 Å². The number of hydrogen-bond donors (Lipinski definition) is 1. The van der Waals surface area contributed by atoms with Crippen molar-refractivity contribution in [3.63, 3.8) is 0 Å². The Hall–Kier alpha value is -3.21. The average Bonchev–Trinajstić information content (AvgIpc) is 3.07. The normalized spacial score (nSPS) is 12.8. The third-order valence-corrected chi connectivity index (χ3v) is 4.83. The lowest BCUT2D eigenvalue weighted by atomic mass is 10.1. The summed E-state index contributed by atoms with van der Waals surface area (Å²) in [5, 5.41) is 3.25. The number of hydrogen-bond acceptors (Lipinski definition) is 4. The molecule has 0 saturated heterocycles. The molecule has 136 valence electrons. The number of anilines is 3. The van der Waals surface area contributed by atoms with Crippen LogP contribution in [-0.4, -0.2) is 22.4 Å². The second kappa shape index (κ2) is 6.83. The summed E-state index contributed by atoms with van der Waals surface area (Å²) < 4.78 is 0. The van der Waals surface area contributed by atoms with E-state index >= 15 is 0 Å². The summed E-state index contributed by atoms with van der Waals surface area (Å²) in [6.45, 7) is 6.66. The molecule has 3 aromatic rings. The molecule has 0 radical (unpaired) electrons. The molecule has 0 aliphatic carbocycles. The second-order valence-corrected chi connectivity index (χ2v) is 7.00. The minimum atomic E-state index is -0.0888. The van der Waals surface area contributed by atoms with Crippen molar-refractivity contribution in [2.45, 2.75) is 27.2 Å². The van der Waals surface area contributed by atoms with Gasteiger partial charge in [0, 0.05) is 23.6 Å². The number of nitrogens with one attached hydrogen (secondary N) is 1. The van der Waals surface area contributed by atoms with Gasteiger partial charge in [0.1, 0.15) is 5.69 Å². The lowest BCUT2D eigenvalue weighted by Crippen LogP contribution is -2.30. The van der Waals surface area contributed by atoms with E-state index in [2.05, 4.69) is 34.3 Å². The predicted octanol–water partition coefficient (Wildman–Crippen LogP) is 4.35. The zero-order valence-electron chi connectivity index (χ0n) is 15.8. The summed E-state index contributed by atoms with van der Waals surface area (Å²) in [6.07, 6.45) is 0.875. The smallest absolute Gasteiger partial charge is 0.277 e. The molecule has 0 atom stereocenters. The summed E-state index contributed by atoms with van der Waals surface area (Å²) in [6, 6.07) is 15.9. The molecule has 2 aromatic carbocycles. The number of carbonyl (C=O) groups excluding carboxylic acids is 1. The molecule has 27 heavy (non-hydrogen) atoms. The maximum atomic E-state index is 13.1. The lowest BCUT2D eigenvalue weighted by molar-refractivity contribution is 0.0984. The molecule has 0 fully saturated rings. The van der Waals surface area contributed by atoms with Crippen LogP contribution in [0.3, 0.4) is 0 Å². The Bertz CT molecular complexity index is 1030. The molecule has 4 rings (SSSR count). The zero-order valence-corrected chi connectivity index (χ0v) is 15.8. The minimum Gasteiger partial charge on any atom is -0.324 e. The third-order valence-electron chi connectivity index (χ3n) is 4.83. The van der Waals surface area contributed by atoms with Gasteiger partial charge in [-0.2, -0.15) is 0 Å². The molecule has 2 heterocycles. The van der Waals surface area contributed by atoms with E-state index in [1.165, 1.54) is 11.1 Å². The fourth-order valence-electron chi connectivity index (χ4n) is 3.50. The fourth-order valence-corrected chi connectivity index (χ4v) is 3.50. The van der Waals surface area contributed by atoms with E-state index in [0.29, 0.717) is 18.2 Å². The molecule has 1 N–H and O–H groups in total. The van der Waals surface area contributed by atoms with Crippen molar-refractivity contribution in [1.29, 1.82) is 0 Å². The van der Waals surface area contributed by atoms with Gasteiger partial charge in [-0.1, -0.05) is 35.9 Å². The molecule has 1 aromatic heterocycles. The van der Waals surface area contributed by atoms with Crippen LogP contribution in [0.15, 0.2) is 48.5 Å². The maximum absolute atomic E-state index is 13.1. The molecular weight excluding hydrogens is 336 g/mol. The number of para-hydroxylation sites is 1. The highest BCUT2D eigenvalue weighted by Gasteiger charge is 2.26. The number of fused-ring (bicyclic) bond motifs is 1. The molecule has 0 spiro atoms. The Balaban J connectivity index is 1.64. The van der Waals surface area contributed by atoms with Crippen LogP contribution < -0.4 is 10.2 Å². The van der Waals surface area contributed by atoms with Crippen molar-refractivity contribution in [1.82, 2.24) is 9.97 Å². The molecule has 5 nitrogen and oxygen atoms in total. The highest BCUT2D eigenvalue weighted by atomic mass is 16.2. The van der Waals surface area contributed by atoms with Gasteiger partial charge in [-0.25, -0.2) is 9.97 Å². The summed E-state index contributed by atoms with van der Waals surface area (Å²) in [7, 11) is 0. The second-order valence-electron chi connectivity index (χ2n) is 7.00. The predicted molar refractivity (Wildman–Crippen MR) is 108 cm³/mol. The van der Waals surface area contributed by atoms with Crippen molar-refractivity contribution in [2.75, 3.05) is 16.8 Å². The van der Waals surface area contributed by atoms with E-state index in [9.17, 15) is 4.79 Å². The summed E-state index contributed by atoms with van der Waals surface area (Å²) in [5.74, 6) is 0.354. The van der Waals surface area contributed by atoms with E-state index < -0.39 is 0 Å². The molecule has 0 bridgehead atoms. The maximum Gasteiger partial charge on any atom is 0.277 e. The van der Waals surface area contributed by atoms with E-state index in [1.54, 1.807) is 11.0 Å². The fraction of sp³-hybridized carbons (Fsp3) is 0.227. The van der Waals surface area contributed by atoms with Crippen molar-refractivity contribution in [3.05, 3.63) is 76.6 Å². The summed E-state index contributed by atoms with van der Waals surface area (Å²) in [5.41, 5.74) is 6.59. The van der Waals surface area contributed by atoms with Crippen LogP contribution in [0.5, 0.6) is 0 Å². The van der Waals surface area contributed by atoms with E-state index in [-0.39, 0.29) is 5.91 Å². The number of benzene rings is 2. The van der Waals surface area contributed by atoms with E-state index in [0.717, 1.165) is 29.1 Å². The Labute approximate surface area is 159 Å². The van der Waals surface area contributed by atoms with Gasteiger partial charge < -0.3 is 10.2 Å². The number of aryl methyl sites for hydroxylation is 3. The van der Waals surface area contributed by atoms with Crippen molar-refractivity contribution in [2.24, 2.45) is 0 Å². The molecule has 0 saturated carbocycles. The van der Waals surface area contributed by atoms with Gasteiger partial charge in [-0.3, -0.25) is 4.79 Å². The van der Waals surface area contributed by atoms with Gasteiger partial charge in [0.15, 0.2) is 0 Å². The summed E-state index contributed by atoms with van der Waals surface area (Å²) in [4.78, 5) is 23.8. The minimum absolute atomic E-state index is 0.0888. The highest BCUT2D eigenvalue weighted by Crippen LogP contribution is 2.29. The van der Waals surface area contributed by atoms with Crippen molar-refractivity contribution < 1.29 is 4.79 Å². The van der Waals surface area contributed by atoms with E-state index in [1.807, 2.05) is 44.2 Å². The van der Waals surface area contributed by atoms with Crippen molar-refractivity contribution in [3.8, 4) is 0 Å². The van der Waals surface area contributed by atoms with Crippen LogP contribution in [0.1, 0.15) is 32.9 Å². The first-order valence-corrected chi connectivity index (χ1v) is 9.11. The number of rotatable bonds is 3. The molecule has 1 amide bonds. The Morgan fingerprint density at radius 3 is 2.67 bits per heavy atom. The zero-order chi connectivity index (χ0) is 19.0. The quantitative estimate of drug-likeness (QED) is 0.756. The largest absolute Gasteiger partial charge is 0.324 e. The van der Waals surface area contributed by atoms with Crippen LogP contribution in [0.2, 0.25) is 0 Å². The van der Waals surface area contributed by atoms with Crippen LogP contribution in [0.4, 0.5) is 17.3 Å². The average molecular weight is 358 g/mol. The standard InChI is InChI=1S/C22H22N4O/c1-14-8-9-18(15(2)12-14)24-22-23-16(3)13-19(25-22)21(27)26-11-10-17-6-4-5-7-20(17)26/h4-9,12-13H,10-11H2,1-3H3,(H,23,24,25).